The van der Waals surface area contributed by atoms with Crippen molar-refractivity contribution >= 4 is 31.9 Å². The van der Waals surface area contributed by atoms with Gasteiger partial charge in [-0.2, -0.15) is 0 Å². The van der Waals surface area contributed by atoms with E-state index in [0.717, 1.165) is 27.5 Å². The maximum atomic E-state index is 6.35. The van der Waals surface area contributed by atoms with Crippen molar-refractivity contribution in [3.8, 4) is 0 Å². The lowest BCUT2D eigenvalue weighted by molar-refractivity contribution is 0.118. The van der Waals surface area contributed by atoms with Crippen LogP contribution in [0.25, 0.3) is 0 Å². The van der Waals surface area contributed by atoms with E-state index in [1.165, 1.54) is 5.56 Å². The van der Waals surface area contributed by atoms with Crippen LogP contribution in [0.2, 0.25) is 0 Å². The molecular formula is C13H17Br2NO. The number of aryl methyl sites for hydroxylation is 1. The van der Waals surface area contributed by atoms with Gasteiger partial charge in [0.05, 0.1) is 12.7 Å². The summed E-state index contributed by atoms with van der Waals surface area (Å²) in [6.07, 6.45) is 1.37. The third-order valence-corrected chi connectivity index (χ3v) is 4.92. The van der Waals surface area contributed by atoms with Crippen molar-refractivity contribution < 1.29 is 4.74 Å². The summed E-state index contributed by atoms with van der Waals surface area (Å²) in [4.78, 5) is 0. The molecule has 0 amide bonds. The van der Waals surface area contributed by atoms with Crippen LogP contribution in [0.15, 0.2) is 21.1 Å². The van der Waals surface area contributed by atoms with E-state index < -0.39 is 0 Å². The number of rotatable bonds is 2. The van der Waals surface area contributed by atoms with Gasteiger partial charge in [0, 0.05) is 20.9 Å². The highest BCUT2D eigenvalue weighted by molar-refractivity contribution is 9.11. The minimum Gasteiger partial charge on any atom is -0.378 e. The Labute approximate surface area is 119 Å². The third kappa shape index (κ3) is 2.92. The summed E-state index contributed by atoms with van der Waals surface area (Å²) in [6, 6.07) is 4.26. The van der Waals surface area contributed by atoms with Crippen molar-refractivity contribution in [1.82, 2.24) is 0 Å². The maximum Gasteiger partial charge on any atom is 0.0551 e. The lowest BCUT2D eigenvalue weighted by Gasteiger charge is -2.20. The highest BCUT2D eigenvalue weighted by atomic mass is 79.9. The summed E-state index contributed by atoms with van der Waals surface area (Å²) in [5, 5.41) is 0. The Balaban J connectivity index is 2.24. The lowest BCUT2D eigenvalue weighted by atomic mass is 9.91. The molecule has 1 aromatic carbocycles. The molecule has 2 nitrogen and oxygen atoms in total. The Morgan fingerprint density at radius 1 is 1.35 bits per heavy atom. The van der Waals surface area contributed by atoms with Crippen LogP contribution < -0.4 is 5.73 Å². The van der Waals surface area contributed by atoms with Gasteiger partial charge in [-0.1, -0.05) is 31.9 Å². The van der Waals surface area contributed by atoms with E-state index in [1.54, 1.807) is 0 Å². The SMILES string of the molecule is Cc1cc(Br)c(C(N)C2COC(C)C2)cc1Br. The van der Waals surface area contributed by atoms with Crippen LogP contribution in [0.1, 0.15) is 30.5 Å². The molecule has 17 heavy (non-hydrogen) atoms. The van der Waals surface area contributed by atoms with Crippen LogP contribution in [-0.4, -0.2) is 12.7 Å². The minimum atomic E-state index is 0.0335. The molecule has 1 aliphatic rings. The van der Waals surface area contributed by atoms with Gasteiger partial charge in [-0.3, -0.25) is 0 Å². The van der Waals surface area contributed by atoms with Gasteiger partial charge >= 0.3 is 0 Å². The van der Waals surface area contributed by atoms with Crippen LogP contribution >= 0.6 is 31.9 Å². The smallest absolute Gasteiger partial charge is 0.0551 e. The molecule has 0 spiro atoms. The van der Waals surface area contributed by atoms with Crippen molar-refractivity contribution in [2.75, 3.05) is 6.61 Å². The number of ether oxygens (including phenoxy) is 1. The standard InChI is InChI=1S/C13H17Br2NO/c1-7-3-12(15)10(5-11(7)14)13(16)9-4-8(2)17-6-9/h3,5,8-9,13H,4,6,16H2,1-2H3. The Hall–Kier alpha value is 0.1000. The number of nitrogens with two attached hydrogens (primary N) is 1. The van der Waals surface area contributed by atoms with Crippen molar-refractivity contribution in [3.63, 3.8) is 0 Å². The molecule has 0 saturated carbocycles. The molecule has 0 aromatic heterocycles. The van der Waals surface area contributed by atoms with Crippen molar-refractivity contribution in [2.24, 2.45) is 11.7 Å². The predicted octanol–water partition coefficient (Wildman–Crippen LogP) is 3.94. The predicted molar refractivity (Wildman–Crippen MR) is 77.0 cm³/mol. The number of hydrogen-bond donors (Lipinski definition) is 1. The van der Waals surface area contributed by atoms with Gasteiger partial charge < -0.3 is 10.5 Å². The molecular weight excluding hydrogens is 346 g/mol. The van der Waals surface area contributed by atoms with Crippen LogP contribution in [0.5, 0.6) is 0 Å². The van der Waals surface area contributed by atoms with Crippen LogP contribution in [0.3, 0.4) is 0 Å². The van der Waals surface area contributed by atoms with E-state index in [-0.39, 0.29) is 6.04 Å². The minimum absolute atomic E-state index is 0.0335. The van der Waals surface area contributed by atoms with Gasteiger partial charge in [-0.15, -0.1) is 0 Å². The lowest BCUT2D eigenvalue weighted by Crippen LogP contribution is -2.22. The Morgan fingerprint density at radius 2 is 2.06 bits per heavy atom. The maximum absolute atomic E-state index is 6.35. The highest BCUT2D eigenvalue weighted by Gasteiger charge is 2.29. The van der Waals surface area contributed by atoms with E-state index in [4.69, 9.17) is 10.5 Å². The average molecular weight is 363 g/mol. The summed E-state index contributed by atoms with van der Waals surface area (Å²) in [7, 11) is 0. The van der Waals surface area contributed by atoms with Gasteiger partial charge in [0.15, 0.2) is 0 Å². The fraction of sp³-hybridized carbons (Fsp3) is 0.538. The zero-order valence-electron chi connectivity index (χ0n) is 10.0. The summed E-state index contributed by atoms with van der Waals surface area (Å²) in [6.45, 7) is 4.94. The van der Waals surface area contributed by atoms with Crippen molar-refractivity contribution in [3.05, 3.63) is 32.2 Å². The molecule has 0 bridgehead atoms. The summed E-state index contributed by atoms with van der Waals surface area (Å²) in [5.41, 5.74) is 8.72. The summed E-state index contributed by atoms with van der Waals surface area (Å²) < 4.78 is 7.79. The summed E-state index contributed by atoms with van der Waals surface area (Å²) in [5.74, 6) is 0.413. The fourth-order valence-electron chi connectivity index (χ4n) is 2.27. The number of halogens is 2. The fourth-order valence-corrected chi connectivity index (χ4v) is 3.35. The van der Waals surface area contributed by atoms with Crippen molar-refractivity contribution in [2.45, 2.75) is 32.4 Å². The quantitative estimate of drug-likeness (QED) is 0.864. The third-order valence-electron chi connectivity index (χ3n) is 3.37. The highest BCUT2D eigenvalue weighted by Crippen LogP contribution is 2.35. The molecule has 0 aliphatic carbocycles. The number of hydrogen-bond acceptors (Lipinski definition) is 2. The van der Waals surface area contributed by atoms with Crippen LogP contribution in [0.4, 0.5) is 0 Å². The van der Waals surface area contributed by atoms with E-state index in [0.29, 0.717) is 12.0 Å². The monoisotopic (exact) mass is 361 g/mol. The van der Waals surface area contributed by atoms with Crippen LogP contribution in [0, 0.1) is 12.8 Å². The summed E-state index contributed by atoms with van der Waals surface area (Å²) >= 11 is 7.16. The molecule has 94 valence electrons. The van der Waals surface area contributed by atoms with E-state index in [9.17, 15) is 0 Å². The molecule has 1 aromatic rings. The second kappa shape index (κ2) is 5.39. The first-order valence-electron chi connectivity index (χ1n) is 5.81. The first-order valence-corrected chi connectivity index (χ1v) is 7.40. The zero-order valence-corrected chi connectivity index (χ0v) is 13.2. The Kier molecular flexibility index (Phi) is 4.29. The largest absolute Gasteiger partial charge is 0.378 e. The van der Waals surface area contributed by atoms with E-state index in [2.05, 4.69) is 57.8 Å². The second-order valence-electron chi connectivity index (χ2n) is 4.79. The van der Waals surface area contributed by atoms with Crippen LogP contribution in [-0.2, 0) is 4.74 Å². The molecule has 1 saturated heterocycles. The zero-order chi connectivity index (χ0) is 12.6. The molecule has 3 atom stereocenters. The molecule has 3 unspecified atom stereocenters. The molecule has 1 heterocycles. The van der Waals surface area contributed by atoms with Gasteiger partial charge in [-0.05, 0) is 43.5 Å². The second-order valence-corrected chi connectivity index (χ2v) is 6.50. The average Bonchev–Trinajstić information content (AvgIpc) is 2.69. The first kappa shape index (κ1) is 13.5. The Morgan fingerprint density at radius 3 is 2.65 bits per heavy atom. The first-order chi connectivity index (χ1) is 7.99. The normalized spacial score (nSPS) is 26.2. The molecule has 0 radical (unpaired) electrons. The molecule has 2 N–H and O–H groups in total. The number of benzene rings is 1. The van der Waals surface area contributed by atoms with Crippen molar-refractivity contribution in [1.29, 1.82) is 0 Å². The van der Waals surface area contributed by atoms with Gasteiger partial charge in [-0.25, -0.2) is 0 Å². The molecule has 1 aliphatic heterocycles. The van der Waals surface area contributed by atoms with E-state index >= 15 is 0 Å². The topological polar surface area (TPSA) is 35.2 Å². The molecule has 2 rings (SSSR count). The molecule has 1 fully saturated rings. The van der Waals surface area contributed by atoms with Gasteiger partial charge in [0.1, 0.15) is 0 Å². The van der Waals surface area contributed by atoms with Gasteiger partial charge in [0.25, 0.3) is 0 Å². The molecule has 4 heteroatoms. The Bertz CT molecular complexity index is 422. The van der Waals surface area contributed by atoms with Gasteiger partial charge in [0.2, 0.25) is 0 Å². The van der Waals surface area contributed by atoms with E-state index in [1.807, 2.05) is 0 Å².